The molecule has 1 amide bonds. The van der Waals surface area contributed by atoms with Crippen molar-refractivity contribution in [2.75, 3.05) is 31.1 Å². The highest BCUT2D eigenvalue weighted by Gasteiger charge is 2.22. The Bertz CT molecular complexity index is 696. The normalized spacial score (nSPS) is 14.0. The van der Waals surface area contributed by atoms with Gasteiger partial charge in [0.15, 0.2) is 5.78 Å². The molecule has 2 heterocycles. The van der Waals surface area contributed by atoms with E-state index in [0.717, 1.165) is 24.3 Å². The number of amides is 1. The van der Waals surface area contributed by atoms with E-state index in [1.165, 1.54) is 0 Å². The van der Waals surface area contributed by atoms with Gasteiger partial charge < -0.3 is 9.80 Å². The molecule has 1 aromatic heterocycles. The standard InChI is InChI=1S/C18H19N3O2.ClH/c1-14(22)15-4-6-17(7-5-15)20-9-11-21(12-10-20)18(23)16-3-2-8-19-13-16;/h2-8,13H,9-12H2,1H3;1H. The summed E-state index contributed by atoms with van der Waals surface area (Å²) in [6, 6.07) is 11.2. The quantitative estimate of drug-likeness (QED) is 0.802. The molecule has 3 rings (SSSR count). The Labute approximate surface area is 147 Å². The fourth-order valence-electron chi connectivity index (χ4n) is 2.75. The number of benzene rings is 1. The van der Waals surface area contributed by atoms with Crippen molar-refractivity contribution in [2.45, 2.75) is 6.92 Å². The molecular formula is C18H20ClN3O2. The van der Waals surface area contributed by atoms with Crippen LogP contribution in [-0.4, -0.2) is 47.8 Å². The zero-order valence-electron chi connectivity index (χ0n) is 13.5. The van der Waals surface area contributed by atoms with Gasteiger partial charge in [0, 0.05) is 49.8 Å². The van der Waals surface area contributed by atoms with Gasteiger partial charge in [-0.25, -0.2) is 0 Å². The van der Waals surface area contributed by atoms with Crippen molar-refractivity contribution in [3.8, 4) is 0 Å². The maximum absolute atomic E-state index is 12.4. The number of carbonyl (C=O) groups is 2. The molecule has 1 aliphatic heterocycles. The van der Waals surface area contributed by atoms with Crippen LogP contribution in [0, 0.1) is 0 Å². The Kier molecular flexibility index (Phi) is 5.93. The van der Waals surface area contributed by atoms with Crippen molar-refractivity contribution in [1.82, 2.24) is 9.88 Å². The third-order valence-corrected chi connectivity index (χ3v) is 4.11. The lowest BCUT2D eigenvalue weighted by molar-refractivity contribution is 0.0746. The largest absolute Gasteiger partial charge is 0.368 e. The molecule has 0 aliphatic carbocycles. The molecule has 1 saturated heterocycles. The summed E-state index contributed by atoms with van der Waals surface area (Å²) in [5.74, 6) is 0.105. The summed E-state index contributed by atoms with van der Waals surface area (Å²) in [6.45, 7) is 4.50. The summed E-state index contributed by atoms with van der Waals surface area (Å²) in [6.07, 6.45) is 3.27. The third-order valence-electron chi connectivity index (χ3n) is 4.11. The topological polar surface area (TPSA) is 53.5 Å². The Hall–Kier alpha value is -2.40. The molecule has 1 aromatic carbocycles. The zero-order chi connectivity index (χ0) is 16.2. The number of Topliss-reactive ketones (excluding diaryl/α,β-unsaturated/α-hetero) is 1. The fourth-order valence-corrected chi connectivity index (χ4v) is 2.75. The number of nitrogens with zero attached hydrogens (tertiary/aromatic N) is 3. The number of hydrogen-bond acceptors (Lipinski definition) is 4. The number of hydrogen-bond donors (Lipinski definition) is 0. The van der Waals surface area contributed by atoms with Gasteiger partial charge in [-0.2, -0.15) is 0 Å². The van der Waals surface area contributed by atoms with Gasteiger partial charge in [-0.15, -0.1) is 12.4 Å². The van der Waals surface area contributed by atoms with Crippen molar-refractivity contribution in [3.63, 3.8) is 0 Å². The molecule has 0 unspecified atom stereocenters. The maximum atomic E-state index is 12.4. The lowest BCUT2D eigenvalue weighted by Gasteiger charge is -2.36. The molecule has 1 aliphatic rings. The molecule has 0 N–H and O–H groups in total. The first kappa shape index (κ1) is 17.9. The molecule has 0 bridgehead atoms. The van der Waals surface area contributed by atoms with Gasteiger partial charge in [0.25, 0.3) is 5.91 Å². The summed E-state index contributed by atoms with van der Waals surface area (Å²) in [4.78, 5) is 31.8. The van der Waals surface area contributed by atoms with Crippen LogP contribution in [0.1, 0.15) is 27.6 Å². The van der Waals surface area contributed by atoms with E-state index in [0.29, 0.717) is 18.7 Å². The predicted octanol–water partition coefficient (Wildman–Crippen LogP) is 2.67. The van der Waals surface area contributed by atoms with Gasteiger partial charge in [-0.3, -0.25) is 14.6 Å². The van der Waals surface area contributed by atoms with Gasteiger partial charge in [0.2, 0.25) is 0 Å². The molecule has 0 radical (unpaired) electrons. The zero-order valence-corrected chi connectivity index (χ0v) is 14.3. The van der Waals surface area contributed by atoms with E-state index in [1.54, 1.807) is 31.5 Å². The highest BCUT2D eigenvalue weighted by atomic mass is 35.5. The molecule has 0 atom stereocenters. The number of anilines is 1. The molecule has 0 spiro atoms. The number of aromatic nitrogens is 1. The van der Waals surface area contributed by atoms with Crippen molar-refractivity contribution in [2.24, 2.45) is 0 Å². The average Bonchev–Trinajstić information content (AvgIpc) is 2.62. The first-order valence-electron chi connectivity index (χ1n) is 7.70. The maximum Gasteiger partial charge on any atom is 0.255 e. The summed E-state index contributed by atoms with van der Waals surface area (Å²) >= 11 is 0. The van der Waals surface area contributed by atoms with Crippen LogP contribution in [0.2, 0.25) is 0 Å². The van der Waals surface area contributed by atoms with Crippen LogP contribution in [0.25, 0.3) is 0 Å². The molecule has 24 heavy (non-hydrogen) atoms. The molecular weight excluding hydrogens is 326 g/mol. The van der Waals surface area contributed by atoms with Crippen molar-refractivity contribution in [3.05, 3.63) is 59.9 Å². The van der Waals surface area contributed by atoms with Gasteiger partial charge in [-0.1, -0.05) is 0 Å². The van der Waals surface area contributed by atoms with Crippen LogP contribution in [-0.2, 0) is 0 Å². The van der Waals surface area contributed by atoms with Gasteiger partial charge in [0.1, 0.15) is 0 Å². The number of rotatable bonds is 3. The SMILES string of the molecule is CC(=O)c1ccc(N2CCN(C(=O)c3cccnc3)CC2)cc1.Cl. The van der Waals surface area contributed by atoms with Gasteiger partial charge >= 0.3 is 0 Å². The molecule has 126 valence electrons. The second-order valence-electron chi connectivity index (χ2n) is 5.62. The van der Waals surface area contributed by atoms with E-state index in [4.69, 9.17) is 0 Å². The minimum atomic E-state index is 0. The van der Waals surface area contributed by atoms with Crippen LogP contribution in [0.4, 0.5) is 5.69 Å². The molecule has 5 nitrogen and oxygen atoms in total. The Balaban J connectivity index is 0.00000208. The highest BCUT2D eigenvalue weighted by molar-refractivity contribution is 5.94. The lowest BCUT2D eigenvalue weighted by atomic mass is 10.1. The van der Waals surface area contributed by atoms with E-state index in [9.17, 15) is 9.59 Å². The van der Waals surface area contributed by atoms with E-state index in [-0.39, 0.29) is 24.1 Å². The summed E-state index contributed by atoms with van der Waals surface area (Å²) in [5, 5.41) is 0. The van der Waals surface area contributed by atoms with Crippen LogP contribution < -0.4 is 4.90 Å². The number of pyridine rings is 1. The summed E-state index contributed by atoms with van der Waals surface area (Å²) < 4.78 is 0. The van der Waals surface area contributed by atoms with Crippen LogP contribution >= 0.6 is 12.4 Å². The Morgan fingerprint density at radius 2 is 1.62 bits per heavy atom. The van der Waals surface area contributed by atoms with E-state index >= 15 is 0 Å². The Morgan fingerprint density at radius 3 is 2.17 bits per heavy atom. The fraction of sp³-hybridized carbons (Fsp3) is 0.278. The molecule has 1 fully saturated rings. The van der Waals surface area contributed by atoms with E-state index in [2.05, 4.69) is 9.88 Å². The monoisotopic (exact) mass is 345 g/mol. The first-order valence-corrected chi connectivity index (χ1v) is 7.70. The van der Waals surface area contributed by atoms with Crippen LogP contribution in [0.15, 0.2) is 48.8 Å². The minimum Gasteiger partial charge on any atom is -0.368 e. The van der Waals surface area contributed by atoms with E-state index < -0.39 is 0 Å². The first-order chi connectivity index (χ1) is 11.1. The number of halogens is 1. The summed E-state index contributed by atoms with van der Waals surface area (Å²) in [5.41, 5.74) is 2.44. The minimum absolute atomic E-state index is 0. The van der Waals surface area contributed by atoms with E-state index in [1.807, 2.05) is 29.2 Å². The smallest absolute Gasteiger partial charge is 0.255 e. The van der Waals surface area contributed by atoms with Crippen LogP contribution in [0.5, 0.6) is 0 Å². The third kappa shape index (κ3) is 3.92. The van der Waals surface area contributed by atoms with Gasteiger partial charge in [-0.05, 0) is 43.3 Å². The average molecular weight is 346 g/mol. The van der Waals surface area contributed by atoms with Crippen molar-refractivity contribution >= 4 is 29.8 Å². The molecule has 6 heteroatoms. The second kappa shape index (κ2) is 7.93. The lowest BCUT2D eigenvalue weighted by Crippen LogP contribution is -2.48. The molecule has 0 saturated carbocycles. The highest BCUT2D eigenvalue weighted by Crippen LogP contribution is 2.18. The van der Waals surface area contributed by atoms with Crippen molar-refractivity contribution in [1.29, 1.82) is 0 Å². The summed E-state index contributed by atoms with van der Waals surface area (Å²) in [7, 11) is 0. The predicted molar refractivity (Wildman–Crippen MR) is 96.0 cm³/mol. The Morgan fingerprint density at radius 1 is 0.958 bits per heavy atom. The van der Waals surface area contributed by atoms with Crippen LogP contribution in [0.3, 0.4) is 0 Å². The number of carbonyl (C=O) groups excluding carboxylic acids is 2. The number of ketones is 1. The molecule has 2 aromatic rings. The van der Waals surface area contributed by atoms with Gasteiger partial charge in [0.05, 0.1) is 5.56 Å². The van der Waals surface area contributed by atoms with Crippen molar-refractivity contribution < 1.29 is 9.59 Å². The second-order valence-corrected chi connectivity index (χ2v) is 5.62. The number of piperazine rings is 1.